The molecule has 0 aliphatic carbocycles. The van der Waals surface area contributed by atoms with Crippen LogP contribution >= 0.6 is 0 Å². The number of hydrogen-bond donors (Lipinski definition) is 1. The lowest BCUT2D eigenvalue weighted by Gasteiger charge is -2.10. The van der Waals surface area contributed by atoms with Gasteiger partial charge < -0.3 is 5.73 Å². The predicted molar refractivity (Wildman–Crippen MR) is 101 cm³/mol. The van der Waals surface area contributed by atoms with Gasteiger partial charge in [-0.1, -0.05) is 77.2 Å². The highest BCUT2D eigenvalue weighted by Gasteiger charge is 2.05. The van der Waals surface area contributed by atoms with Crippen LogP contribution in [0, 0.1) is 0 Å². The van der Waals surface area contributed by atoms with Crippen molar-refractivity contribution in [2.75, 3.05) is 0 Å². The van der Waals surface area contributed by atoms with Crippen molar-refractivity contribution < 1.29 is 0 Å². The SMILES string of the molecule is C=C=C(/C(C)=C\N)/C(=C\C(=C)CCCCCCCCC)CC. The van der Waals surface area contributed by atoms with Gasteiger partial charge in [0.05, 0.1) is 0 Å². The van der Waals surface area contributed by atoms with E-state index in [9.17, 15) is 0 Å². The maximum Gasteiger partial charge on any atom is 0.0233 e. The third-order valence-electron chi connectivity index (χ3n) is 4.00. The second kappa shape index (κ2) is 13.2. The maximum atomic E-state index is 5.62. The van der Waals surface area contributed by atoms with E-state index in [4.69, 9.17) is 5.73 Å². The maximum absolute atomic E-state index is 5.62. The first-order valence-electron chi connectivity index (χ1n) is 8.78. The summed E-state index contributed by atoms with van der Waals surface area (Å²) in [4.78, 5) is 0. The van der Waals surface area contributed by atoms with Crippen molar-refractivity contribution in [3.63, 3.8) is 0 Å². The molecule has 0 heterocycles. The van der Waals surface area contributed by atoms with Gasteiger partial charge in [-0.2, -0.15) is 0 Å². The van der Waals surface area contributed by atoms with Crippen LogP contribution in [-0.2, 0) is 0 Å². The summed E-state index contributed by atoms with van der Waals surface area (Å²) in [6, 6.07) is 0. The Balaban J connectivity index is 4.32. The van der Waals surface area contributed by atoms with Gasteiger partial charge in [0.15, 0.2) is 0 Å². The van der Waals surface area contributed by atoms with Crippen LogP contribution in [0.1, 0.15) is 78.6 Å². The van der Waals surface area contributed by atoms with Gasteiger partial charge in [-0.25, -0.2) is 0 Å². The number of unbranched alkanes of at least 4 members (excludes halogenated alkanes) is 6. The van der Waals surface area contributed by atoms with E-state index in [-0.39, 0.29) is 0 Å². The zero-order chi connectivity index (χ0) is 16.8. The van der Waals surface area contributed by atoms with E-state index in [0.29, 0.717) is 0 Å². The second-order valence-corrected chi connectivity index (χ2v) is 5.95. The monoisotopic (exact) mass is 301 g/mol. The minimum absolute atomic E-state index is 0.944. The van der Waals surface area contributed by atoms with Gasteiger partial charge >= 0.3 is 0 Å². The zero-order valence-electron chi connectivity index (χ0n) is 15.0. The van der Waals surface area contributed by atoms with Crippen LogP contribution in [-0.4, -0.2) is 0 Å². The van der Waals surface area contributed by atoms with E-state index in [1.165, 1.54) is 56.1 Å². The van der Waals surface area contributed by atoms with Crippen LogP contribution in [0.25, 0.3) is 0 Å². The van der Waals surface area contributed by atoms with E-state index in [1.54, 1.807) is 6.20 Å². The van der Waals surface area contributed by atoms with Crippen molar-refractivity contribution in [2.45, 2.75) is 78.6 Å². The van der Waals surface area contributed by atoms with Crippen LogP contribution < -0.4 is 5.73 Å². The van der Waals surface area contributed by atoms with Gasteiger partial charge in [0.25, 0.3) is 0 Å². The molecule has 0 spiro atoms. The highest BCUT2D eigenvalue weighted by molar-refractivity contribution is 5.46. The van der Waals surface area contributed by atoms with Crippen molar-refractivity contribution in [2.24, 2.45) is 5.73 Å². The summed E-state index contributed by atoms with van der Waals surface area (Å²) in [5.41, 5.74) is 13.1. The zero-order valence-corrected chi connectivity index (χ0v) is 15.0. The van der Waals surface area contributed by atoms with Gasteiger partial charge in [-0.05, 0) is 43.5 Å². The first kappa shape index (κ1) is 20.5. The fraction of sp³-hybridized carbons (Fsp3) is 0.571. The quantitative estimate of drug-likeness (QED) is 0.245. The summed E-state index contributed by atoms with van der Waals surface area (Å²) in [5.74, 6) is 0. The van der Waals surface area contributed by atoms with Crippen LogP contribution in [0.2, 0.25) is 0 Å². The van der Waals surface area contributed by atoms with E-state index >= 15 is 0 Å². The number of nitrogens with two attached hydrogens (primary N) is 1. The molecule has 0 aromatic heterocycles. The summed E-state index contributed by atoms with van der Waals surface area (Å²) in [6.45, 7) is 14.4. The van der Waals surface area contributed by atoms with Crippen molar-refractivity contribution in [3.05, 3.63) is 53.5 Å². The minimum atomic E-state index is 0.944. The topological polar surface area (TPSA) is 26.0 Å². The lowest BCUT2D eigenvalue weighted by molar-refractivity contribution is 0.590. The number of hydrogen-bond acceptors (Lipinski definition) is 1. The summed E-state index contributed by atoms with van der Waals surface area (Å²) < 4.78 is 0. The highest BCUT2D eigenvalue weighted by Crippen LogP contribution is 2.23. The Bertz CT molecular complexity index is 431. The normalized spacial score (nSPS) is 12.1. The molecule has 124 valence electrons. The lowest BCUT2D eigenvalue weighted by atomic mass is 9.95. The van der Waals surface area contributed by atoms with Gasteiger partial charge in [0.2, 0.25) is 0 Å². The molecule has 1 nitrogen and oxygen atoms in total. The molecule has 0 bridgehead atoms. The summed E-state index contributed by atoms with van der Waals surface area (Å²) >= 11 is 0. The fourth-order valence-corrected chi connectivity index (χ4v) is 2.57. The molecular formula is C21H35N. The fourth-order valence-electron chi connectivity index (χ4n) is 2.57. The molecule has 0 unspecified atom stereocenters. The molecule has 0 aliphatic rings. The van der Waals surface area contributed by atoms with Crippen molar-refractivity contribution in [3.8, 4) is 0 Å². The predicted octanol–water partition coefficient (Wildman–Crippen LogP) is 6.59. The summed E-state index contributed by atoms with van der Waals surface area (Å²) in [7, 11) is 0. The van der Waals surface area contributed by atoms with Crippen LogP contribution in [0.15, 0.2) is 53.5 Å². The smallest absolute Gasteiger partial charge is 0.0233 e. The molecule has 2 N–H and O–H groups in total. The van der Waals surface area contributed by atoms with Gasteiger partial charge in [0, 0.05) is 5.57 Å². The standard InChI is InChI=1S/C21H35N/c1-6-9-10-11-12-13-14-15-18(4)16-20(7-2)21(8-3)19(5)17-22/h16-17H,3-4,6-7,9-15,22H2,1-2,5H3/b19-17-,20-16-. The summed E-state index contributed by atoms with van der Waals surface area (Å²) in [5, 5.41) is 0. The Morgan fingerprint density at radius 3 is 2.14 bits per heavy atom. The number of rotatable bonds is 12. The van der Waals surface area contributed by atoms with Gasteiger partial charge in [0.1, 0.15) is 0 Å². The molecule has 0 saturated carbocycles. The molecule has 0 fully saturated rings. The van der Waals surface area contributed by atoms with E-state index in [0.717, 1.165) is 24.0 Å². The number of allylic oxidation sites excluding steroid dienone is 5. The average Bonchev–Trinajstić information content (AvgIpc) is 2.53. The Kier molecular flexibility index (Phi) is 12.3. The average molecular weight is 302 g/mol. The van der Waals surface area contributed by atoms with E-state index in [2.05, 4.69) is 38.8 Å². The Hall–Kier alpha value is -1.46. The van der Waals surface area contributed by atoms with Crippen LogP contribution in [0.4, 0.5) is 0 Å². The molecule has 22 heavy (non-hydrogen) atoms. The van der Waals surface area contributed by atoms with Gasteiger partial charge in [-0.3, -0.25) is 0 Å². The molecule has 0 radical (unpaired) electrons. The third kappa shape index (κ3) is 8.74. The van der Waals surface area contributed by atoms with Crippen molar-refractivity contribution in [1.82, 2.24) is 0 Å². The molecule has 0 amide bonds. The molecular weight excluding hydrogens is 266 g/mol. The third-order valence-corrected chi connectivity index (χ3v) is 4.00. The largest absolute Gasteiger partial charge is 0.404 e. The van der Waals surface area contributed by atoms with Crippen LogP contribution in [0.5, 0.6) is 0 Å². The lowest BCUT2D eigenvalue weighted by Crippen LogP contribution is -1.94. The Labute approximate surface area is 138 Å². The Morgan fingerprint density at radius 2 is 1.64 bits per heavy atom. The van der Waals surface area contributed by atoms with Crippen molar-refractivity contribution >= 4 is 0 Å². The summed E-state index contributed by atoms with van der Waals surface area (Å²) in [6.07, 6.45) is 15.2. The van der Waals surface area contributed by atoms with Gasteiger partial charge in [-0.15, -0.1) is 5.73 Å². The molecule has 0 aromatic carbocycles. The second-order valence-electron chi connectivity index (χ2n) is 5.95. The molecule has 0 aliphatic heterocycles. The van der Waals surface area contributed by atoms with E-state index < -0.39 is 0 Å². The molecule has 0 aromatic rings. The highest BCUT2D eigenvalue weighted by atomic mass is 14.5. The molecule has 0 rings (SSSR count). The van der Waals surface area contributed by atoms with Crippen molar-refractivity contribution in [1.29, 1.82) is 0 Å². The van der Waals surface area contributed by atoms with E-state index in [1.807, 2.05) is 6.92 Å². The molecule has 0 saturated heterocycles. The molecule has 0 atom stereocenters. The minimum Gasteiger partial charge on any atom is -0.404 e. The Morgan fingerprint density at radius 1 is 1.05 bits per heavy atom. The first-order chi connectivity index (χ1) is 10.6. The molecule has 1 heteroatoms. The first-order valence-corrected chi connectivity index (χ1v) is 8.78. The van der Waals surface area contributed by atoms with Crippen LogP contribution in [0.3, 0.4) is 0 Å².